The summed E-state index contributed by atoms with van der Waals surface area (Å²) in [6, 6.07) is 7.65. The summed E-state index contributed by atoms with van der Waals surface area (Å²) in [5, 5.41) is 4.20. The van der Waals surface area contributed by atoms with E-state index in [1.807, 2.05) is 31.2 Å². The lowest BCUT2D eigenvalue weighted by Gasteiger charge is -2.18. The quantitative estimate of drug-likeness (QED) is 0.858. The molecule has 1 aliphatic carbocycles. The third-order valence-corrected chi connectivity index (χ3v) is 3.44. The summed E-state index contributed by atoms with van der Waals surface area (Å²) >= 11 is 0. The Labute approximate surface area is 120 Å². The van der Waals surface area contributed by atoms with Crippen LogP contribution in [0, 0.1) is 12.8 Å². The Hall–Kier alpha value is -1.84. The fourth-order valence-electron chi connectivity index (χ4n) is 2.39. The Bertz CT molecular complexity index is 497. The molecule has 0 aromatic heterocycles. The molecule has 4 heteroatoms. The number of benzene rings is 1. The summed E-state index contributed by atoms with van der Waals surface area (Å²) < 4.78 is 5.43. The van der Waals surface area contributed by atoms with Crippen LogP contribution in [0.3, 0.4) is 0 Å². The monoisotopic (exact) mass is 274 g/mol. The lowest BCUT2D eigenvalue weighted by Crippen LogP contribution is -2.27. The zero-order valence-electron chi connectivity index (χ0n) is 12.2. The normalized spacial score (nSPS) is 20.7. The average Bonchev–Trinajstić information content (AvgIpc) is 2.43. The minimum Gasteiger partial charge on any atom is -0.484 e. The number of nitrogens with one attached hydrogen (secondary N) is 1. The molecule has 0 aliphatic heterocycles. The molecule has 0 heterocycles. The molecule has 1 aliphatic rings. The average molecular weight is 274 g/mol. The van der Waals surface area contributed by atoms with E-state index < -0.39 is 0 Å². The maximum absolute atomic E-state index is 11.7. The third kappa shape index (κ3) is 4.68. The zero-order valence-corrected chi connectivity index (χ0v) is 12.2. The van der Waals surface area contributed by atoms with Crippen molar-refractivity contribution < 1.29 is 9.53 Å². The minimum atomic E-state index is -0.211. The third-order valence-electron chi connectivity index (χ3n) is 3.44. The van der Waals surface area contributed by atoms with Gasteiger partial charge in [-0.2, -0.15) is 5.10 Å². The van der Waals surface area contributed by atoms with Crippen LogP contribution >= 0.6 is 0 Å². The number of amides is 1. The van der Waals surface area contributed by atoms with Crippen LogP contribution < -0.4 is 10.2 Å². The number of carbonyl (C=O) groups excluding carboxylic acids is 1. The first kappa shape index (κ1) is 14.6. The summed E-state index contributed by atoms with van der Waals surface area (Å²) in [7, 11) is 0. The number of aryl methyl sites for hydroxylation is 1. The maximum Gasteiger partial charge on any atom is 0.277 e. The number of rotatable bonds is 4. The molecule has 0 bridgehead atoms. The van der Waals surface area contributed by atoms with Crippen molar-refractivity contribution in [3.8, 4) is 5.75 Å². The second kappa shape index (κ2) is 7.08. The molecule has 0 saturated heterocycles. The Morgan fingerprint density at radius 2 is 2.35 bits per heavy atom. The molecule has 0 unspecified atom stereocenters. The van der Waals surface area contributed by atoms with Gasteiger partial charge in [0.15, 0.2) is 6.61 Å². The van der Waals surface area contributed by atoms with Crippen molar-refractivity contribution >= 4 is 11.6 Å². The van der Waals surface area contributed by atoms with Gasteiger partial charge in [0.2, 0.25) is 0 Å². The second-order valence-electron chi connectivity index (χ2n) is 5.52. The summed E-state index contributed by atoms with van der Waals surface area (Å²) in [5.74, 6) is 1.17. The van der Waals surface area contributed by atoms with Crippen LogP contribution in [-0.2, 0) is 4.79 Å². The van der Waals surface area contributed by atoms with Gasteiger partial charge in [0.05, 0.1) is 0 Å². The predicted molar refractivity (Wildman–Crippen MR) is 79.9 cm³/mol. The van der Waals surface area contributed by atoms with Crippen LogP contribution in [0.4, 0.5) is 0 Å². The van der Waals surface area contributed by atoms with Crippen molar-refractivity contribution in [3.63, 3.8) is 0 Å². The number of ether oxygens (including phenoxy) is 1. The van der Waals surface area contributed by atoms with Gasteiger partial charge in [-0.1, -0.05) is 19.1 Å². The van der Waals surface area contributed by atoms with E-state index in [1.165, 1.54) is 6.42 Å². The molecule has 20 heavy (non-hydrogen) atoms. The van der Waals surface area contributed by atoms with Crippen LogP contribution in [0.25, 0.3) is 0 Å². The number of hydrogen-bond acceptors (Lipinski definition) is 3. The molecule has 4 nitrogen and oxygen atoms in total. The first-order valence-electron chi connectivity index (χ1n) is 7.17. The van der Waals surface area contributed by atoms with Gasteiger partial charge in [-0.3, -0.25) is 4.79 Å². The largest absolute Gasteiger partial charge is 0.484 e. The van der Waals surface area contributed by atoms with Crippen LogP contribution in [-0.4, -0.2) is 18.2 Å². The molecular formula is C16H22N2O2. The fourth-order valence-corrected chi connectivity index (χ4v) is 2.39. The number of hydrazone groups is 1. The molecule has 1 aromatic carbocycles. The van der Waals surface area contributed by atoms with Gasteiger partial charge in [0, 0.05) is 5.71 Å². The molecule has 1 N–H and O–H groups in total. The Balaban J connectivity index is 1.76. The number of carbonyl (C=O) groups is 1. The molecule has 1 atom stereocenters. The highest BCUT2D eigenvalue weighted by Gasteiger charge is 2.14. The summed E-state index contributed by atoms with van der Waals surface area (Å²) in [4.78, 5) is 11.7. The van der Waals surface area contributed by atoms with E-state index in [2.05, 4.69) is 17.5 Å². The highest BCUT2D eigenvalue weighted by molar-refractivity contribution is 5.87. The van der Waals surface area contributed by atoms with E-state index in [0.29, 0.717) is 11.7 Å². The molecule has 0 radical (unpaired) electrons. The van der Waals surface area contributed by atoms with Crippen molar-refractivity contribution in [2.75, 3.05) is 6.61 Å². The SMILES string of the molecule is Cc1cccc(OCC(=O)NN=C2CCC[C@H](C)C2)c1. The van der Waals surface area contributed by atoms with Gasteiger partial charge in [-0.15, -0.1) is 0 Å². The summed E-state index contributed by atoms with van der Waals surface area (Å²) in [5.41, 5.74) is 4.78. The van der Waals surface area contributed by atoms with Gasteiger partial charge in [-0.05, 0) is 56.2 Å². The van der Waals surface area contributed by atoms with E-state index in [9.17, 15) is 4.79 Å². The van der Waals surface area contributed by atoms with Crippen molar-refractivity contribution in [2.24, 2.45) is 11.0 Å². The van der Waals surface area contributed by atoms with Crippen LogP contribution in [0.15, 0.2) is 29.4 Å². The molecule has 1 saturated carbocycles. The van der Waals surface area contributed by atoms with Crippen molar-refractivity contribution in [2.45, 2.75) is 39.5 Å². The molecule has 1 fully saturated rings. The standard InChI is InChI=1S/C16H22N2O2/c1-12-5-3-7-14(9-12)17-18-16(19)11-20-15-8-4-6-13(2)10-15/h4,6,8,10,12H,3,5,7,9,11H2,1-2H3,(H,18,19)/t12-/m0/s1. The maximum atomic E-state index is 11.7. The van der Waals surface area contributed by atoms with Gasteiger partial charge >= 0.3 is 0 Å². The van der Waals surface area contributed by atoms with E-state index in [0.717, 1.165) is 30.5 Å². The Morgan fingerprint density at radius 1 is 1.50 bits per heavy atom. The lowest BCUT2D eigenvalue weighted by atomic mass is 9.89. The Kier molecular flexibility index (Phi) is 5.16. The number of hydrogen-bond donors (Lipinski definition) is 1. The molecule has 1 aromatic rings. The first-order chi connectivity index (χ1) is 9.63. The molecule has 0 spiro atoms. The topological polar surface area (TPSA) is 50.7 Å². The smallest absolute Gasteiger partial charge is 0.277 e. The summed E-state index contributed by atoms with van der Waals surface area (Å²) in [6.45, 7) is 4.20. The summed E-state index contributed by atoms with van der Waals surface area (Å²) in [6.07, 6.45) is 4.39. The highest BCUT2D eigenvalue weighted by Crippen LogP contribution is 2.20. The fraction of sp³-hybridized carbons (Fsp3) is 0.500. The minimum absolute atomic E-state index is 0.00418. The van der Waals surface area contributed by atoms with E-state index in [-0.39, 0.29) is 12.5 Å². The van der Waals surface area contributed by atoms with Crippen LogP contribution in [0.1, 0.15) is 38.2 Å². The van der Waals surface area contributed by atoms with Crippen LogP contribution in [0.5, 0.6) is 5.75 Å². The second-order valence-corrected chi connectivity index (χ2v) is 5.52. The Morgan fingerprint density at radius 3 is 3.10 bits per heavy atom. The van der Waals surface area contributed by atoms with E-state index in [1.54, 1.807) is 0 Å². The van der Waals surface area contributed by atoms with Gasteiger partial charge in [-0.25, -0.2) is 5.43 Å². The van der Waals surface area contributed by atoms with Crippen molar-refractivity contribution in [3.05, 3.63) is 29.8 Å². The van der Waals surface area contributed by atoms with E-state index in [4.69, 9.17) is 4.74 Å². The lowest BCUT2D eigenvalue weighted by molar-refractivity contribution is -0.123. The van der Waals surface area contributed by atoms with Gasteiger partial charge in [0.25, 0.3) is 5.91 Å². The molecule has 1 amide bonds. The predicted octanol–water partition coefficient (Wildman–Crippen LogP) is 3.06. The van der Waals surface area contributed by atoms with Crippen LogP contribution in [0.2, 0.25) is 0 Å². The molecule has 2 rings (SSSR count). The van der Waals surface area contributed by atoms with Crippen molar-refractivity contribution in [1.82, 2.24) is 5.43 Å². The van der Waals surface area contributed by atoms with Gasteiger partial charge in [0.1, 0.15) is 5.75 Å². The number of nitrogens with zero attached hydrogens (tertiary/aromatic N) is 1. The zero-order chi connectivity index (χ0) is 14.4. The van der Waals surface area contributed by atoms with Gasteiger partial charge < -0.3 is 4.74 Å². The van der Waals surface area contributed by atoms with E-state index >= 15 is 0 Å². The van der Waals surface area contributed by atoms with Crippen molar-refractivity contribution in [1.29, 1.82) is 0 Å². The molecule has 108 valence electrons. The first-order valence-corrected chi connectivity index (χ1v) is 7.17. The highest BCUT2D eigenvalue weighted by atomic mass is 16.5. The molecular weight excluding hydrogens is 252 g/mol.